The number of pyridine rings is 3. The van der Waals surface area contributed by atoms with Crippen LogP contribution in [0.1, 0.15) is 18.9 Å². The molecule has 5 rings (SSSR count). The first-order chi connectivity index (χ1) is 12.7. The van der Waals surface area contributed by atoms with Gasteiger partial charge in [0.05, 0.1) is 17.2 Å². The molecule has 4 heterocycles. The third kappa shape index (κ3) is 2.28. The molecule has 0 spiro atoms. The molecule has 0 aromatic carbocycles. The fourth-order valence-electron chi connectivity index (χ4n) is 3.69. The van der Waals surface area contributed by atoms with E-state index in [0.29, 0.717) is 6.04 Å². The van der Waals surface area contributed by atoms with Crippen molar-refractivity contribution in [1.29, 1.82) is 0 Å². The van der Waals surface area contributed by atoms with E-state index in [0.717, 1.165) is 40.7 Å². The van der Waals surface area contributed by atoms with Crippen LogP contribution < -0.4 is 11.0 Å². The fourth-order valence-corrected chi connectivity index (χ4v) is 3.69. The third-order valence-corrected chi connectivity index (χ3v) is 5.17. The van der Waals surface area contributed by atoms with E-state index in [1.807, 2.05) is 34.9 Å². The summed E-state index contributed by atoms with van der Waals surface area (Å²) in [7, 11) is 1.80. The van der Waals surface area contributed by atoms with Crippen LogP contribution in [-0.4, -0.2) is 30.1 Å². The Balaban J connectivity index is 1.36. The molecule has 1 saturated carbocycles. The van der Waals surface area contributed by atoms with Gasteiger partial charge in [0, 0.05) is 36.9 Å². The van der Waals surface area contributed by atoms with Crippen molar-refractivity contribution in [2.45, 2.75) is 24.9 Å². The maximum absolute atomic E-state index is 12.6. The summed E-state index contributed by atoms with van der Waals surface area (Å²) in [6, 6.07) is 10.2. The predicted octanol–water partition coefficient (Wildman–Crippen LogP) is 2.49. The number of aromatic nitrogens is 5. The Labute approximate surface area is 149 Å². The topological polar surface area (TPSA) is 77.6 Å². The first kappa shape index (κ1) is 15.1. The van der Waals surface area contributed by atoms with Crippen LogP contribution in [-0.2, 0) is 7.05 Å². The van der Waals surface area contributed by atoms with E-state index >= 15 is 0 Å². The minimum absolute atomic E-state index is 0.00273. The maximum Gasteiger partial charge on any atom is 0.330 e. The number of rotatable bonds is 3. The zero-order valence-corrected chi connectivity index (χ0v) is 14.3. The molecule has 4 aromatic rings. The highest BCUT2D eigenvalue weighted by molar-refractivity contribution is 5.79. The van der Waals surface area contributed by atoms with Gasteiger partial charge in [-0.15, -0.1) is 0 Å². The van der Waals surface area contributed by atoms with Crippen molar-refractivity contribution in [3.63, 3.8) is 0 Å². The predicted molar refractivity (Wildman–Crippen MR) is 100 cm³/mol. The number of aryl methyl sites for hydroxylation is 1. The Morgan fingerprint density at radius 2 is 2.04 bits per heavy atom. The van der Waals surface area contributed by atoms with Gasteiger partial charge in [0.1, 0.15) is 5.82 Å². The average molecular weight is 346 g/mol. The Morgan fingerprint density at radius 1 is 1.15 bits per heavy atom. The highest BCUT2D eigenvalue weighted by atomic mass is 16.1. The van der Waals surface area contributed by atoms with E-state index in [-0.39, 0.29) is 11.7 Å². The van der Waals surface area contributed by atoms with Gasteiger partial charge in [-0.1, -0.05) is 0 Å². The highest BCUT2D eigenvalue weighted by Gasteiger charge is 2.33. The molecular formula is C19H18N6O. The molecule has 0 radical (unpaired) electrons. The molecule has 0 amide bonds. The van der Waals surface area contributed by atoms with E-state index in [9.17, 15) is 4.79 Å². The molecule has 1 aliphatic carbocycles. The minimum atomic E-state index is -0.00273. The monoisotopic (exact) mass is 346 g/mol. The first-order valence-corrected chi connectivity index (χ1v) is 8.70. The van der Waals surface area contributed by atoms with Crippen LogP contribution in [0.15, 0.2) is 53.7 Å². The van der Waals surface area contributed by atoms with Gasteiger partial charge in [0.25, 0.3) is 0 Å². The largest absolute Gasteiger partial charge is 0.367 e. The molecule has 7 heteroatoms. The molecule has 130 valence electrons. The zero-order chi connectivity index (χ0) is 17.7. The highest BCUT2D eigenvalue weighted by Crippen LogP contribution is 2.35. The number of imidazole rings is 1. The van der Waals surface area contributed by atoms with Crippen molar-refractivity contribution >= 4 is 27.9 Å². The van der Waals surface area contributed by atoms with Crippen LogP contribution in [0.4, 0.5) is 5.82 Å². The Hall–Kier alpha value is -3.22. The molecule has 7 nitrogen and oxygen atoms in total. The summed E-state index contributed by atoms with van der Waals surface area (Å²) in [4.78, 5) is 25.7. The van der Waals surface area contributed by atoms with Gasteiger partial charge in [0.2, 0.25) is 0 Å². The van der Waals surface area contributed by atoms with Crippen molar-refractivity contribution in [2.75, 3.05) is 5.32 Å². The Morgan fingerprint density at radius 3 is 2.92 bits per heavy atom. The lowest BCUT2D eigenvalue weighted by Gasteiger charge is -2.36. The molecule has 1 N–H and O–H groups in total. The first-order valence-electron chi connectivity index (χ1n) is 8.70. The lowest BCUT2D eigenvalue weighted by atomic mass is 9.86. The molecule has 0 aliphatic heterocycles. The molecular weight excluding hydrogens is 328 g/mol. The standard InChI is InChI=1S/C19H18N6O/c1-24-16-3-2-7-21-18(16)25(19(24)26)14-9-13(10-14)22-17-5-4-12-6-8-20-11-15(12)23-17/h2-8,11,13-14H,9-10H2,1H3,(H,22,23). The van der Waals surface area contributed by atoms with E-state index in [2.05, 4.69) is 20.3 Å². The van der Waals surface area contributed by atoms with Gasteiger partial charge < -0.3 is 5.32 Å². The molecule has 1 fully saturated rings. The van der Waals surface area contributed by atoms with Gasteiger partial charge in [0.15, 0.2) is 5.65 Å². The molecule has 0 unspecified atom stereocenters. The minimum Gasteiger partial charge on any atom is -0.367 e. The maximum atomic E-state index is 12.6. The zero-order valence-electron chi connectivity index (χ0n) is 14.3. The van der Waals surface area contributed by atoms with Gasteiger partial charge in [-0.25, -0.2) is 14.8 Å². The number of hydrogen-bond acceptors (Lipinski definition) is 5. The summed E-state index contributed by atoms with van der Waals surface area (Å²) in [5, 5.41) is 4.54. The summed E-state index contributed by atoms with van der Waals surface area (Å²) in [6.07, 6.45) is 7.03. The number of nitrogens with zero attached hydrogens (tertiary/aromatic N) is 5. The summed E-state index contributed by atoms with van der Waals surface area (Å²) in [6.45, 7) is 0. The van der Waals surface area contributed by atoms with E-state index < -0.39 is 0 Å². The quantitative estimate of drug-likeness (QED) is 0.617. The normalized spacial score (nSPS) is 19.6. The summed E-state index contributed by atoms with van der Waals surface area (Å²) in [5.74, 6) is 0.845. The van der Waals surface area contributed by atoms with Gasteiger partial charge >= 0.3 is 5.69 Å². The van der Waals surface area contributed by atoms with Crippen LogP contribution in [0.3, 0.4) is 0 Å². The summed E-state index contributed by atoms with van der Waals surface area (Å²) < 4.78 is 3.49. The summed E-state index contributed by atoms with van der Waals surface area (Å²) in [5.41, 5.74) is 2.51. The second kappa shape index (κ2) is 5.66. The average Bonchev–Trinajstić information content (AvgIpc) is 2.89. The number of anilines is 1. The third-order valence-electron chi connectivity index (χ3n) is 5.17. The van der Waals surface area contributed by atoms with E-state index in [1.54, 1.807) is 30.2 Å². The Bertz CT molecular complexity index is 1170. The molecule has 4 aromatic heterocycles. The Kier molecular flexibility index (Phi) is 3.28. The van der Waals surface area contributed by atoms with Crippen molar-refractivity contribution in [3.05, 3.63) is 59.4 Å². The number of hydrogen-bond donors (Lipinski definition) is 1. The second-order valence-corrected chi connectivity index (χ2v) is 6.79. The lowest BCUT2D eigenvalue weighted by Crippen LogP contribution is -2.41. The molecule has 0 bridgehead atoms. The van der Waals surface area contributed by atoms with E-state index in [1.165, 1.54) is 0 Å². The van der Waals surface area contributed by atoms with Gasteiger partial charge in [-0.05, 0) is 43.2 Å². The van der Waals surface area contributed by atoms with Crippen molar-refractivity contribution in [3.8, 4) is 0 Å². The van der Waals surface area contributed by atoms with Crippen LogP contribution in [0, 0.1) is 0 Å². The number of fused-ring (bicyclic) bond motifs is 2. The summed E-state index contributed by atoms with van der Waals surface area (Å²) >= 11 is 0. The van der Waals surface area contributed by atoms with Crippen LogP contribution in [0.2, 0.25) is 0 Å². The smallest absolute Gasteiger partial charge is 0.330 e. The molecule has 0 saturated heterocycles. The lowest BCUT2D eigenvalue weighted by molar-refractivity contribution is 0.280. The SMILES string of the molecule is Cn1c(=O)n(C2CC(Nc3ccc4ccncc4n3)C2)c2ncccc21. The van der Waals surface area contributed by atoms with Gasteiger partial charge in [-0.2, -0.15) is 0 Å². The van der Waals surface area contributed by atoms with Crippen LogP contribution in [0.5, 0.6) is 0 Å². The molecule has 26 heavy (non-hydrogen) atoms. The molecule has 0 atom stereocenters. The van der Waals surface area contributed by atoms with Crippen LogP contribution in [0.25, 0.3) is 22.1 Å². The van der Waals surface area contributed by atoms with Gasteiger partial charge in [-0.3, -0.25) is 14.1 Å². The van der Waals surface area contributed by atoms with E-state index in [4.69, 9.17) is 0 Å². The van der Waals surface area contributed by atoms with Crippen molar-refractivity contribution in [2.24, 2.45) is 7.05 Å². The fraction of sp³-hybridized carbons (Fsp3) is 0.263. The van der Waals surface area contributed by atoms with Crippen molar-refractivity contribution < 1.29 is 0 Å². The van der Waals surface area contributed by atoms with Crippen molar-refractivity contribution in [1.82, 2.24) is 24.1 Å². The van der Waals surface area contributed by atoms with Crippen LogP contribution >= 0.6 is 0 Å². The second-order valence-electron chi connectivity index (χ2n) is 6.79. The molecule has 1 aliphatic rings. The number of nitrogens with one attached hydrogen (secondary N) is 1.